The normalized spacial score (nSPS) is 17.8. The summed E-state index contributed by atoms with van der Waals surface area (Å²) in [4.78, 5) is 37.9. The largest absolute Gasteiger partial charge is 0.375 e. The van der Waals surface area contributed by atoms with E-state index in [2.05, 4.69) is 15.0 Å². The Kier molecular flexibility index (Phi) is 4.71. The molecule has 1 atom stereocenters. The number of aryl methyl sites for hydroxylation is 1. The summed E-state index contributed by atoms with van der Waals surface area (Å²) in [5.74, 6) is 0.334. The molecule has 2 aromatic heterocycles. The summed E-state index contributed by atoms with van der Waals surface area (Å²) in [6.45, 7) is 5.31. The Labute approximate surface area is 139 Å². The van der Waals surface area contributed by atoms with Crippen molar-refractivity contribution in [3.63, 3.8) is 0 Å². The molecule has 1 aliphatic rings. The van der Waals surface area contributed by atoms with E-state index in [4.69, 9.17) is 4.74 Å². The van der Waals surface area contributed by atoms with Crippen LogP contribution in [0.15, 0.2) is 29.2 Å². The Morgan fingerprint density at radius 2 is 2.29 bits per heavy atom. The fourth-order valence-corrected chi connectivity index (χ4v) is 2.75. The summed E-state index contributed by atoms with van der Waals surface area (Å²) < 4.78 is 5.44. The highest BCUT2D eigenvalue weighted by Gasteiger charge is 2.23. The molecular weight excluding hydrogens is 308 g/mol. The highest BCUT2D eigenvalue weighted by molar-refractivity contribution is 5.79. The van der Waals surface area contributed by atoms with Gasteiger partial charge >= 0.3 is 0 Å². The van der Waals surface area contributed by atoms with Crippen LogP contribution in [0.4, 0.5) is 0 Å². The maximum Gasteiger partial charge on any atom is 0.255 e. The quantitative estimate of drug-likeness (QED) is 0.905. The van der Waals surface area contributed by atoms with E-state index in [0.717, 1.165) is 0 Å². The zero-order valence-corrected chi connectivity index (χ0v) is 13.8. The summed E-state index contributed by atoms with van der Waals surface area (Å²) in [5.41, 5.74) is 1.25. The van der Waals surface area contributed by atoms with Gasteiger partial charge in [-0.2, -0.15) is 0 Å². The molecule has 2 aromatic rings. The Balaban J connectivity index is 1.82. The van der Waals surface area contributed by atoms with Crippen LogP contribution in [-0.4, -0.2) is 51.6 Å². The van der Waals surface area contributed by atoms with Crippen molar-refractivity contribution in [2.75, 3.05) is 19.7 Å². The predicted octanol–water partition coefficient (Wildman–Crippen LogP) is 0.930. The van der Waals surface area contributed by atoms with Crippen LogP contribution in [0, 0.1) is 6.92 Å². The Bertz CT molecular complexity index is 788. The van der Waals surface area contributed by atoms with Crippen molar-refractivity contribution in [1.29, 1.82) is 0 Å². The van der Waals surface area contributed by atoms with Crippen molar-refractivity contribution in [3.05, 3.63) is 46.0 Å². The molecule has 1 amide bonds. The lowest BCUT2D eigenvalue weighted by atomic mass is 10.1. The van der Waals surface area contributed by atoms with Crippen molar-refractivity contribution in [2.24, 2.45) is 0 Å². The van der Waals surface area contributed by atoms with Gasteiger partial charge in [-0.3, -0.25) is 14.6 Å². The number of rotatable bonds is 3. The number of hydrogen-bond acceptors (Lipinski definition) is 5. The molecule has 0 bridgehead atoms. The van der Waals surface area contributed by atoms with E-state index in [-0.39, 0.29) is 24.0 Å². The zero-order valence-electron chi connectivity index (χ0n) is 13.8. The molecule has 1 N–H and O–H groups in total. The summed E-state index contributed by atoms with van der Waals surface area (Å²) in [6, 6.07) is 5.40. The zero-order chi connectivity index (χ0) is 17.1. The van der Waals surface area contributed by atoms with E-state index in [1.807, 2.05) is 13.0 Å². The van der Waals surface area contributed by atoms with Crippen LogP contribution in [0.1, 0.15) is 18.2 Å². The van der Waals surface area contributed by atoms with Gasteiger partial charge in [0, 0.05) is 30.5 Å². The summed E-state index contributed by atoms with van der Waals surface area (Å²) in [7, 11) is 0. The highest BCUT2D eigenvalue weighted by Crippen LogP contribution is 2.12. The van der Waals surface area contributed by atoms with Crippen molar-refractivity contribution >= 4 is 5.91 Å². The molecule has 1 fully saturated rings. The molecule has 1 saturated heterocycles. The van der Waals surface area contributed by atoms with Gasteiger partial charge in [0.1, 0.15) is 5.69 Å². The lowest BCUT2D eigenvalue weighted by Crippen LogP contribution is -2.45. The predicted molar refractivity (Wildman–Crippen MR) is 88.5 cm³/mol. The average Bonchev–Trinajstić information content (AvgIpc) is 2.58. The second kappa shape index (κ2) is 6.92. The molecule has 3 rings (SSSR count). The molecule has 1 aliphatic heterocycles. The third-order valence-electron chi connectivity index (χ3n) is 4.05. The second-order valence-electron chi connectivity index (χ2n) is 5.89. The smallest absolute Gasteiger partial charge is 0.255 e. The van der Waals surface area contributed by atoms with E-state index >= 15 is 0 Å². The number of pyridine rings is 1. The Hall–Kier alpha value is -2.54. The average molecular weight is 328 g/mol. The van der Waals surface area contributed by atoms with Crippen LogP contribution >= 0.6 is 0 Å². The molecule has 126 valence electrons. The minimum absolute atomic E-state index is 0.0201. The fourth-order valence-electron chi connectivity index (χ4n) is 2.75. The van der Waals surface area contributed by atoms with E-state index in [0.29, 0.717) is 42.5 Å². The third kappa shape index (κ3) is 3.51. The number of aromatic amines is 1. The number of nitrogens with one attached hydrogen (secondary N) is 1. The first kappa shape index (κ1) is 16.3. The molecule has 7 heteroatoms. The number of hydrogen-bond donors (Lipinski definition) is 1. The molecule has 0 saturated carbocycles. The van der Waals surface area contributed by atoms with Crippen molar-refractivity contribution in [1.82, 2.24) is 19.9 Å². The molecule has 0 aromatic carbocycles. The number of H-pyrrole nitrogens is 1. The summed E-state index contributed by atoms with van der Waals surface area (Å²) in [5, 5.41) is 0. The summed E-state index contributed by atoms with van der Waals surface area (Å²) in [6.07, 6.45) is 1.71. The minimum atomic E-state index is -0.294. The van der Waals surface area contributed by atoms with Gasteiger partial charge in [0.15, 0.2) is 5.82 Å². The van der Waals surface area contributed by atoms with Gasteiger partial charge in [-0.1, -0.05) is 6.07 Å². The summed E-state index contributed by atoms with van der Waals surface area (Å²) >= 11 is 0. The minimum Gasteiger partial charge on any atom is -0.375 e. The van der Waals surface area contributed by atoms with Gasteiger partial charge in [0.25, 0.3) is 5.56 Å². The number of carbonyl (C=O) groups excluding carboxylic acids is 1. The molecule has 7 nitrogen and oxygen atoms in total. The van der Waals surface area contributed by atoms with Crippen LogP contribution < -0.4 is 5.56 Å². The molecule has 3 heterocycles. The van der Waals surface area contributed by atoms with Crippen LogP contribution in [0.25, 0.3) is 11.5 Å². The maximum atomic E-state index is 12.4. The van der Waals surface area contributed by atoms with Gasteiger partial charge in [-0.05, 0) is 26.0 Å². The highest BCUT2D eigenvalue weighted by atomic mass is 16.5. The van der Waals surface area contributed by atoms with Crippen LogP contribution in [0.3, 0.4) is 0 Å². The molecule has 0 radical (unpaired) electrons. The topological polar surface area (TPSA) is 88.2 Å². The molecule has 0 spiro atoms. The first-order valence-corrected chi connectivity index (χ1v) is 7.95. The van der Waals surface area contributed by atoms with Gasteiger partial charge in [0.2, 0.25) is 5.91 Å². The number of morpholine rings is 1. The molecule has 0 unspecified atom stereocenters. The van der Waals surface area contributed by atoms with Gasteiger partial charge < -0.3 is 14.6 Å². The van der Waals surface area contributed by atoms with E-state index in [1.165, 1.54) is 0 Å². The first-order chi connectivity index (χ1) is 11.5. The second-order valence-corrected chi connectivity index (χ2v) is 5.89. The molecule has 0 aliphatic carbocycles. The number of amides is 1. The van der Waals surface area contributed by atoms with Gasteiger partial charge in [0.05, 0.1) is 19.1 Å². The maximum absolute atomic E-state index is 12.4. The van der Waals surface area contributed by atoms with Gasteiger partial charge in [-0.15, -0.1) is 0 Å². The lowest BCUT2D eigenvalue weighted by Gasteiger charge is -2.31. The Morgan fingerprint density at radius 3 is 2.96 bits per heavy atom. The van der Waals surface area contributed by atoms with Crippen molar-refractivity contribution in [2.45, 2.75) is 26.4 Å². The third-order valence-corrected chi connectivity index (χ3v) is 4.05. The first-order valence-electron chi connectivity index (χ1n) is 7.95. The number of ether oxygens (including phenoxy) is 1. The van der Waals surface area contributed by atoms with Gasteiger partial charge in [-0.25, -0.2) is 4.98 Å². The van der Waals surface area contributed by atoms with Crippen LogP contribution in [0.5, 0.6) is 0 Å². The van der Waals surface area contributed by atoms with E-state index < -0.39 is 0 Å². The van der Waals surface area contributed by atoms with Crippen LogP contribution in [-0.2, 0) is 16.0 Å². The SMILES string of the molecule is Cc1nc(-c2ccccn2)[nH]c(=O)c1CC(=O)N1CCO[C@H](C)C1. The van der Waals surface area contributed by atoms with E-state index in [1.54, 1.807) is 30.2 Å². The fraction of sp³-hybridized carbons (Fsp3) is 0.412. The lowest BCUT2D eigenvalue weighted by molar-refractivity contribution is -0.137. The number of aromatic nitrogens is 3. The Morgan fingerprint density at radius 1 is 1.46 bits per heavy atom. The number of nitrogens with zero attached hydrogens (tertiary/aromatic N) is 3. The van der Waals surface area contributed by atoms with Crippen LogP contribution in [0.2, 0.25) is 0 Å². The molecule has 24 heavy (non-hydrogen) atoms. The van der Waals surface area contributed by atoms with E-state index in [9.17, 15) is 9.59 Å². The molecular formula is C17H20N4O3. The standard InChI is InChI=1S/C17H20N4O3/c1-11-10-21(7-8-24-11)15(22)9-13-12(2)19-16(20-17(13)23)14-5-3-4-6-18-14/h3-6,11H,7-10H2,1-2H3,(H,19,20,23)/t11-/m1/s1. The monoisotopic (exact) mass is 328 g/mol. The van der Waals surface area contributed by atoms with Crippen molar-refractivity contribution in [3.8, 4) is 11.5 Å². The number of carbonyl (C=O) groups is 1. The van der Waals surface area contributed by atoms with Crippen molar-refractivity contribution < 1.29 is 9.53 Å².